The number of urea groups is 1. The average Bonchev–Trinajstić information content (AvgIpc) is 3.09. The standard InChI is InChI=1S/C17H17N5O/c23-17(20-12-15-6-4-5-9-18-15)19-10-14-11-21-22(13-14)16-7-2-1-3-8-16/h1-9,11,13H,10,12H2,(H2,19,20,23). The van der Waals surface area contributed by atoms with E-state index in [9.17, 15) is 4.79 Å². The molecule has 0 bridgehead atoms. The van der Waals surface area contributed by atoms with Gasteiger partial charge in [-0.15, -0.1) is 0 Å². The molecule has 1 aromatic carbocycles. The summed E-state index contributed by atoms with van der Waals surface area (Å²) in [4.78, 5) is 15.9. The molecule has 6 nitrogen and oxygen atoms in total. The van der Waals surface area contributed by atoms with Crippen LogP contribution in [0.15, 0.2) is 67.1 Å². The Balaban J connectivity index is 1.49. The molecular formula is C17H17N5O. The lowest BCUT2D eigenvalue weighted by molar-refractivity contribution is 0.240. The van der Waals surface area contributed by atoms with Crippen LogP contribution in [0.4, 0.5) is 4.79 Å². The number of hydrogen-bond donors (Lipinski definition) is 2. The maximum absolute atomic E-state index is 11.8. The van der Waals surface area contributed by atoms with Crippen LogP contribution in [0.5, 0.6) is 0 Å². The van der Waals surface area contributed by atoms with Crippen LogP contribution >= 0.6 is 0 Å². The Morgan fingerprint density at radius 3 is 2.57 bits per heavy atom. The summed E-state index contributed by atoms with van der Waals surface area (Å²) < 4.78 is 1.78. The first kappa shape index (κ1) is 14.8. The molecule has 0 aliphatic heterocycles. The van der Waals surface area contributed by atoms with Gasteiger partial charge in [-0.1, -0.05) is 24.3 Å². The van der Waals surface area contributed by atoms with Gasteiger partial charge in [-0.3, -0.25) is 4.98 Å². The molecule has 0 aliphatic rings. The van der Waals surface area contributed by atoms with Gasteiger partial charge in [0.2, 0.25) is 0 Å². The van der Waals surface area contributed by atoms with Crippen LogP contribution in [0.1, 0.15) is 11.3 Å². The molecule has 0 atom stereocenters. The number of carbonyl (C=O) groups is 1. The first-order valence-corrected chi connectivity index (χ1v) is 7.32. The highest BCUT2D eigenvalue weighted by molar-refractivity contribution is 5.73. The molecule has 0 radical (unpaired) electrons. The lowest BCUT2D eigenvalue weighted by Crippen LogP contribution is -2.34. The molecule has 2 aromatic heterocycles. The van der Waals surface area contributed by atoms with Gasteiger partial charge in [0, 0.05) is 24.5 Å². The fourth-order valence-electron chi connectivity index (χ4n) is 2.09. The summed E-state index contributed by atoms with van der Waals surface area (Å²) in [6.45, 7) is 0.816. The zero-order valence-corrected chi connectivity index (χ0v) is 12.5. The van der Waals surface area contributed by atoms with Crippen molar-refractivity contribution in [2.24, 2.45) is 0 Å². The minimum Gasteiger partial charge on any atom is -0.334 e. The molecule has 0 spiro atoms. The van der Waals surface area contributed by atoms with Gasteiger partial charge in [-0.25, -0.2) is 9.48 Å². The van der Waals surface area contributed by atoms with Crippen LogP contribution in [-0.2, 0) is 13.1 Å². The molecule has 23 heavy (non-hydrogen) atoms. The molecule has 0 fully saturated rings. The van der Waals surface area contributed by atoms with E-state index in [1.807, 2.05) is 54.7 Å². The van der Waals surface area contributed by atoms with Crippen molar-refractivity contribution >= 4 is 6.03 Å². The van der Waals surface area contributed by atoms with Gasteiger partial charge in [0.15, 0.2) is 0 Å². The van der Waals surface area contributed by atoms with Crippen molar-refractivity contribution in [3.63, 3.8) is 0 Å². The largest absolute Gasteiger partial charge is 0.334 e. The minimum absolute atomic E-state index is 0.233. The van der Waals surface area contributed by atoms with Gasteiger partial charge in [0.1, 0.15) is 0 Å². The Labute approximate surface area is 134 Å². The summed E-state index contributed by atoms with van der Waals surface area (Å²) in [5, 5.41) is 9.86. The molecule has 2 amide bonds. The van der Waals surface area contributed by atoms with E-state index in [1.165, 1.54) is 0 Å². The van der Waals surface area contributed by atoms with Gasteiger partial charge >= 0.3 is 6.03 Å². The smallest absolute Gasteiger partial charge is 0.315 e. The molecule has 3 aromatic rings. The second kappa shape index (κ2) is 7.22. The van der Waals surface area contributed by atoms with E-state index in [1.54, 1.807) is 17.1 Å². The Kier molecular flexibility index (Phi) is 4.63. The highest BCUT2D eigenvalue weighted by Crippen LogP contribution is 2.07. The Hall–Kier alpha value is -3.15. The van der Waals surface area contributed by atoms with Crippen molar-refractivity contribution in [2.75, 3.05) is 0 Å². The number of para-hydroxylation sites is 1. The van der Waals surface area contributed by atoms with E-state index >= 15 is 0 Å². The molecule has 116 valence electrons. The number of pyridine rings is 1. The number of nitrogens with one attached hydrogen (secondary N) is 2. The maximum Gasteiger partial charge on any atom is 0.315 e. The highest BCUT2D eigenvalue weighted by atomic mass is 16.2. The molecule has 3 rings (SSSR count). The van der Waals surface area contributed by atoms with E-state index in [-0.39, 0.29) is 6.03 Å². The zero-order chi connectivity index (χ0) is 15.9. The van der Waals surface area contributed by atoms with Crippen molar-refractivity contribution < 1.29 is 4.79 Å². The third-order valence-electron chi connectivity index (χ3n) is 3.27. The molecule has 0 saturated carbocycles. The number of hydrogen-bond acceptors (Lipinski definition) is 3. The van der Waals surface area contributed by atoms with Crippen LogP contribution in [0.2, 0.25) is 0 Å². The van der Waals surface area contributed by atoms with Crippen molar-refractivity contribution in [1.29, 1.82) is 0 Å². The van der Waals surface area contributed by atoms with Crippen LogP contribution in [0.25, 0.3) is 5.69 Å². The number of rotatable bonds is 5. The number of amides is 2. The molecule has 0 saturated heterocycles. The van der Waals surface area contributed by atoms with E-state index in [0.717, 1.165) is 16.9 Å². The molecule has 2 heterocycles. The maximum atomic E-state index is 11.8. The van der Waals surface area contributed by atoms with E-state index < -0.39 is 0 Å². The average molecular weight is 307 g/mol. The monoisotopic (exact) mass is 307 g/mol. The van der Waals surface area contributed by atoms with E-state index in [4.69, 9.17) is 0 Å². The summed E-state index contributed by atoms with van der Waals surface area (Å²) >= 11 is 0. The lowest BCUT2D eigenvalue weighted by atomic mass is 10.3. The summed E-state index contributed by atoms with van der Waals surface area (Å²) in [5.74, 6) is 0. The normalized spacial score (nSPS) is 10.3. The van der Waals surface area contributed by atoms with Crippen LogP contribution in [-0.4, -0.2) is 20.8 Å². The fourth-order valence-corrected chi connectivity index (χ4v) is 2.09. The van der Waals surface area contributed by atoms with Crippen molar-refractivity contribution in [1.82, 2.24) is 25.4 Å². The third-order valence-corrected chi connectivity index (χ3v) is 3.27. The minimum atomic E-state index is -0.233. The first-order valence-electron chi connectivity index (χ1n) is 7.32. The molecular weight excluding hydrogens is 290 g/mol. The molecule has 2 N–H and O–H groups in total. The van der Waals surface area contributed by atoms with Crippen molar-refractivity contribution in [3.05, 3.63) is 78.4 Å². The lowest BCUT2D eigenvalue weighted by Gasteiger charge is -2.06. The SMILES string of the molecule is O=C(NCc1cnn(-c2ccccc2)c1)NCc1ccccn1. The van der Waals surface area contributed by atoms with E-state index in [2.05, 4.69) is 20.7 Å². The summed E-state index contributed by atoms with van der Waals surface area (Å²) in [6.07, 6.45) is 5.34. The van der Waals surface area contributed by atoms with Crippen LogP contribution < -0.4 is 10.6 Å². The van der Waals surface area contributed by atoms with Gasteiger partial charge < -0.3 is 10.6 Å². The second-order valence-electron chi connectivity index (χ2n) is 4.99. The fraction of sp³-hybridized carbons (Fsp3) is 0.118. The third kappa shape index (κ3) is 4.16. The Bertz CT molecular complexity index is 755. The van der Waals surface area contributed by atoms with Crippen molar-refractivity contribution in [2.45, 2.75) is 13.1 Å². The molecule has 0 unspecified atom stereocenters. The van der Waals surface area contributed by atoms with Crippen LogP contribution in [0, 0.1) is 0 Å². The molecule has 6 heteroatoms. The van der Waals surface area contributed by atoms with E-state index in [0.29, 0.717) is 13.1 Å². The first-order chi connectivity index (χ1) is 11.3. The Morgan fingerprint density at radius 1 is 1.00 bits per heavy atom. The topological polar surface area (TPSA) is 71.8 Å². The summed E-state index contributed by atoms with van der Waals surface area (Å²) in [7, 11) is 0. The van der Waals surface area contributed by atoms with Crippen LogP contribution in [0.3, 0.4) is 0 Å². The van der Waals surface area contributed by atoms with Gasteiger partial charge in [-0.2, -0.15) is 5.10 Å². The number of aromatic nitrogens is 3. The predicted molar refractivity (Wildman–Crippen MR) is 86.9 cm³/mol. The zero-order valence-electron chi connectivity index (χ0n) is 12.5. The van der Waals surface area contributed by atoms with Crippen molar-refractivity contribution in [3.8, 4) is 5.69 Å². The predicted octanol–water partition coefficient (Wildman–Crippen LogP) is 2.27. The number of benzene rings is 1. The van der Waals surface area contributed by atoms with Gasteiger partial charge in [0.25, 0.3) is 0 Å². The number of nitrogens with zero attached hydrogens (tertiary/aromatic N) is 3. The second-order valence-corrected chi connectivity index (χ2v) is 4.99. The molecule has 0 aliphatic carbocycles. The summed E-state index contributed by atoms with van der Waals surface area (Å²) in [6, 6.07) is 15.2. The van der Waals surface area contributed by atoms with Gasteiger partial charge in [0.05, 0.1) is 24.1 Å². The quantitative estimate of drug-likeness (QED) is 0.759. The highest BCUT2D eigenvalue weighted by Gasteiger charge is 2.04. The Morgan fingerprint density at radius 2 is 1.78 bits per heavy atom. The number of carbonyl (C=O) groups excluding carboxylic acids is 1. The summed E-state index contributed by atoms with van der Waals surface area (Å²) in [5.41, 5.74) is 2.74. The van der Waals surface area contributed by atoms with Gasteiger partial charge in [-0.05, 0) is 24.3 Å².